The maximum absolute atomic E-state index is 12.8. The molecule has 2 aromatic rings. The zero-order valence-corrected chi connectivity index (χ0v) is 16.3. The number of ether oxygens (including phenoxy) is 1. The number of hydrogen-bond acceptors (Lipinski definition) is 6. The molecule has 0 amide bonds. The average molecular weight is 405 g/mol. The number of sulfonamides is 1. The highest BCUT2D eigenvalue weighted by molar-refractivity contribution is 7.89. The van der Waals surface area contributed by atoms with Crippen LogP contribution < -0.4 is 4.74 Å². The zero-order chi connectivity index (χ0) is 20.0. The van der Waals surface area contributed by atoms with Crippen LogP contribution in [-0.4, -0.2) is 61.9 Å². The van der Waals surface area contributed by atoms with Crippen molar-refractivity contribution < 1.29 is 18.1 Å². The molecule has 0 unspecified atom stereocenters. The first-order chi connectivity index (χ1) is 13.5. The lowest BCUT2D eigenvalue weighted by Gasteiger charge is -2.33. The zero-order valence-electron chi connectivity index (χ0n) is 15.4. The van der Waals surface area contributed by atoms with Crippen LogP contribution in [-0.2, 0) is 10.0 Å². The first kappa shape index (κ1) is 20.2. The van der Waals surface area contributed by atoms with E-state index in [1.165, 1.54) is 28.6 Å². The molecule has 1 saturated heterocycles. The van der Waals surface area contributed by atoms with Gasteiger partial charge in [0.05, 0.1) is 11.5 Å². The molecule has 0 N–H and O–H groups in total. The SMILES string of the molecule is O=[N+]([O-])c1ccccc1S(=O)(=O)N1CCN(CCCOc2ccccc2)CC1. The van der Waals surface area contributed by atoms with Crippen molar-refractivity contribution in [3.05, 3.63) is 64.7 Å². The Morgan fingerprint density at radius 2 is 1.61 bits per heavy atom. The van der Waals surface area contributed by atoms with Gasteiger partial charge in [-0.25, -0.2) is 8.42 Å². The van der Waals surface area contributed by atoms with Crippen molar-refractivity contribution in [1.29, 1.82) is 0 Å². The molecule has 28 heavy (non-hydrogen) atoms. The van der Waals surface area contributed by atoms with E-state index >= 15 is 0 Å². The molecule has 0 aromatic heterocycles. The number of piperazine rings is 1. The van der Waals surface area contributed by atoms with Gasteiger partial charge in [0, 0.05) is 38.8 Å². The number of rotatable bonds is 8. The van der Waals surface area contributed by atoms with Crippen molar-refractivity contribution in [3.63, 3.8) is 0 Å². The second kappa shape index (κ2) is 9.13. The maximum atomic E-state index is 12.8. The second-order valence-corrected chi connectivity index (χ2v) is 8.39. The Balaban J connectivity index is 1.50. The molecule has 0 aliphatic carbocycles. The molecule has 150 valence electrons. The van der Waals surface area contributed by atoms with Crippen molar-refractivity contribution in [2.24, 2.45) is 0 Å². The molecule has 0 saturated carbocycles. The average Bonchev–Trinajstić information content (AvgIpc) is 2.72. The second-order valence-electron chi connectivity index (χ2n) is 6.49. The van der Waals surface area contributed by atoms with Crippen LogP contribution in [0.25, 0.3) is 0 Å². The van der Waals surface area contributed by atoms with E-state index in [0.29, 0.717) is 32.8 Å². The summed E-state index contributed by atoms with van der Waals surface area (Å²) in [5, 5.41) is 11.2. The summed E-state index contributed by atoms with van der Waals surface area (Å²) in [7, 11) is -3.88. The van der Waals surface area contributed by atoms with Gasteiger partial charge in [-0.15, -0.1) is 0 Å². The van der Waals surface area contributed by atoms with Gasteiger partial charge in [0.25, 0.3) is 5.69 Å². The van der Waals surface area contributed by atoms with Crippen LogP contribution in [0.2, 0.25) is 0 Å². The van der Waals surface area contributed by atoms with E-state index in [9.17, 15) is 18.5 Å². The normalized spacial score (nSPS) is 16.0. The standard InChI is InChI=1S/C19H23N3O5S/c23-22(24)18-9-4-5-10-19(18)28(25,26)21-14-12-20(13-15-21)11-6-16-27-17-7-2-1-3-8-17/h1-5,7-10H,6,11-16H2. The summed E-state index contributed by atoms with van der Waals surface area (Å²) in [6.07, 6.45) is 0.839. The number of nitro benzene ring substituents is 1. The van der Waals surface area contributed by atoms with Crippen LogP contribution in [0.15, 0.2) is 59.5 Å². The Kier molecular flexibility index (Phi) is 6.61. The van der Waals surface area contributed by atoms with E-state index in [-0.39, 0.29) is 10.6 Å². The molecule has 1 aliphatic heterocycles. The van der Waals surface area contributed by atoms with Gasteiger partial charge in [0.1, 0.15) is 5.75 Å². The Labute approximate surface area is 164 Å². The molecule has 0 bridgehead atoms. The monoisotopic (exact) mass is 405 g/mol. The Bertz CT molecular complexity index is 897. The number of nitro groups is 1. The quantitative estimate of drug-likeness (QED) is 0.380. The van der Waals surface area contributed by atoms with Gasteiger partial charge in [-0.3, -0.25) is 10.1 Å². The molecule has 0 atom stereocenters. The van der Waals surface area contributed by atoms with Gasteiger partial charge in [-0.1, -0.05) is 30.3 Å². The summed E-state index contributed by atoms with van der Waals surface area (Å²) in [6.45, 7) is 3.21. The Hall–Kier alpha value is -2.49. The molecule has 1 fully saturated rings. The van der Waals surface area contributed by atoms with Crippen LogP contribution in [0.4, 0.5) is 5.69 Å². The van der Waals surface area contributed by atoms with Gasteiger partial charge in [-0.2, -0.15) is 4.31 Å². The summed E-state index contributed by atoms with van der Waals surface area (Å²) in [5.41, 5.74) is -0.386. The van der Waals surface area contributed by atoms with Crippen LogP contribution in [0.1, 0.15) is 6.42 Å². The van der Waals surface area contributed by atoms with E-state index < -0.39 is 14.9 Å². The van der Waals surface area contributed by atoms with Gasteiger partial charge in [0.2, 0.25) is 10.0 Å². The van der Waals surface area contributed by atoms with Crippen LogP contribution in [0.5, 0.6) is 5.75 Å². The number of hydrogen-bond donors (Lipinski definition) is 0. The molecule has 0 spiro atoms. The lowest BCUT2D eigenvalue weighted by molar-refractivity contribution is -0.387. The molecule has 8 nitrogen and oxygen atoms in total. The molecule has 1 heterocycles. The fraction of sp³-hybridized carbons (Fsp3) is 0.368. The molecule has 2 aromatic carbocycles. The molecule has 1 aliphatic rings. The predicted molar refractivity (Wildman–Crippen MR) is 105 cm³/mol. The minimum atomic E-state index is -3.88. The Morgan fingerprint density at radius 3 is 2.29 bits per heavy atom. The van der Waals surface area contributed by atoms with E-state index in [0.717, 1.165) is 18.7 Å². The summed E-state index contributed by atoms with van der Waals surface area (Å²) in [5.74, 6) is 0.836. The Morgan fingerprint density at radius 1 is 0.964 bits per heavy atom. The first-order valence-electron chi connectivity index (χ1n) is 9.12. The highest BCUT2D eigenvalue weighted by atomic mass is 32.2. The number of para-hydroxylation sites is 2. The number of nitrogens with zero attached hydrogens (tertiary/aromatic N) is 3. The lowest BCUT2D eigenvalue weighted by Crippen LogP contribution is -2.48. The minimum absolute atomic E-state index is 0.246. The van der Waals surface area contributed by atoms with Crippen molar-refractivity contribution in [3.8, 4) is 5.75 Å². The summed E-state index contributed by atoms with van der Waals surface area (Å²) >= 11 is 0. The maximum Gasteiger partial charge on any atom is 0.289 e. The lowest BCUT2D eigenvalue weighted by atomic mass is 10.3. The molecule has 3 rings (SSSR count). The van der Waals surface area contributed by atoms with Crippen molar-refractivity contribution in [1.82, 2.24) is 9.21 Å². The summed E-state index contributed by atoms with van der Waals surface area (Å²) in [6, 6.07) is 15.1. The van der Waals surface area contributed by atoms with Gasteiger partial charge in [0.15, 0.2) is 4.90 Å². The van der Waals surface area contributed by atoms with Gasteiger partial charge < -0.3 is 9.64 Å². The van der Waals surface area contributed by atoms with E-state index in [2.05, 4.69) is 4.90 Å². The first-order valence-corrected chi connectivity index (χ1v) is 10.6. The summed E-state index contributed by atoms with van der Waals surface area (Å²) in [4.78, 5) is 12.4. The van der Waals surface area contributed by atoms with E-state index in [1.807, 2.05) is 30.3 Å². The van der Waals surface area contributed by atoms with Crippen molar-refractivity contribution >= 4 is 15.7 Å². The topological polar surface area (TPSA) is 93.0 Å². The van der Waals surface area contributed by atoms with Crippen molar-refractivity contribution in [2.75, 3.05) is 39.3 Å². The van der Waals surface area contributed by atoms with Crippen LogP contribution in [0.3, 0.4) is 0 Å². The molecule has 0 radical (unpaired) electrons. The third-order valence-corrected chi connectivity index (χ3v) is 6.59. The largest absolute Gasteiger partial charge is 0.494 e. The van der Waals surface area contributed by atoms with Gasteiger partial charge in [-0.05, 0) is 24.6 Å². The van der Waals surface area contributed by atoms with Crippen LogP contribution in [0, 0.1) is 10.1 Å². The van der Waals surface area contributed by atoms with E-state index in [4.69, 9.17) is 4.74 Å². The van der Waals surface area contributed by atoms with Crippen LogP contribution >= 0.6 is 0 Å². The third-order valence-electron chi connectivity index (χ3n) is 4.64. The molecular formula is C19H23N3O5S. The molecular weight excluding hydrogens is 382 g/mol. The summed E-state index contributed by atoms with van der Waals surface area (Å²) < 4.78 is 32.6. The molecule has 9 heteroatoms. The van der Waals surface area contributed by atoms with Gasteiger partial charge >= 0.3 is 0 Å². The number of benzene rings is 2. The fourth-order valence-corrected chi connectivity index (χ4v) is 4.73. The minimum Gasteiger partial charge on any atom is -0.494 e. The third kappa shape index (κ3) is 4.86. The van der Waals surface area contributed by atoms with Crippen molar-refractivity contribution in [2.45, 2.75) is 11.3 Å². The highest BCUT2D eigenvalue weighted by Gasteiger charge is 2.33. The van der Waals surface area contributed by atoms with E-state index in [1.54, 1.807) is 0 Å². The fourth-order valence-electron chi connectivity index (χ4n) is 3.15. The highest BCUT2D eigenvalue weighted by Crippen LogP contribution is 2.26. The smallest absolute Gasteiger partial charge is 0.289 e. The predicted octanol–water partition coefficient (Wildman–Crippen LogP) is 2.37.